The minimum Gasteiger partial charge on any atom is -0.0622 e. The van der Waals surface area contributed by atoms with Gasteiger partial charge in [0.25, 0.3) is 0 Å². The molecule has 0 aliphatic heterocycles. The third-order valence-corrected chi connectivity index (χ3v) is 7.05. The number of hydrogen-bond acceptors (Lipinski definition) is 0. The summed E-state index contributed by atoms with van der Waals surface area (Å²) in [5.41, 5.74) is 0. The van der Waals surface area contributed by atoms with Gasteiger partial charge in [-0.05, 0) is 22.4 Å². The molecule has 0 unspecified atom stereocenters. The van der Waals surface area contributed by atoms with Crippen LogP contribution in [0.1, 0.15) is 64.2 Å². The molecule has 25 heavy (non-hydrogen) atoms. The summed E-state index contributed by atoms with van der Waals surface area (Å²) in [4.78, 5) is 0. The molecule has 2 aliphatic rings. The molecule has 2 fully saturated rings. The van der Waals surface area contributed by atoms with Crippen molar-refractivity contribution in [1.82, 2.24) is 0 Å². The molecule has 0 amide bonds. The fourth-order valence-corrected chi connectivity index (χ4v) is 5.47. The largest absolute Gasteiger partial charge is 0.0622 e. The molecule has 0 bridgehead atoms. The zero-order valence-electron chi connectivity index (χ0n) is 15.5. The first-order chi connectivity index (χ1) is 12.4. The number of benzene rings is 2. The molecule has 4 rings (SSSR count). The van der Waals surface area contributed by atoms with Gasteiger partial charge in [0, 0.05) is 0 Å². The van der Waals surface area contributed by atoms with Gasteiger partial charge in [-0.25, -0.2) is 0 Å². The number of rotatable bonds is 3. The summed E-state index contributed by atoms with van der Waals surface area (Å²) in [5, 5.41) is 2.79. The van der Waals surface area contributed by atoms with Crippen molar-refractivity contribution >= 4 is 19.2 Å². The van der Waals surface area contributed by atoms with Crippen molar-refractivity contribution in [3.05, 3.63) is 60.7 Å². The zero-order valence-corrected chi connectivity index (χ0v) is 16.5. The molecule has 0 N–H and O–H groups in total. The van der Waals surface area contributed by atoms with Crippen LogP contribution in [0.15, 0.2) is 60.7 Å². The standard InChI is InChI=1S/C12H11P.C12H22/c1-3-7-11(8-4-1)13-12-9-5-2-6-10-12;1-3-7-11(8-4-1)12-9-5-2-6-10-12/h1-10,13H;11-12H,1-10H2. The zero-order chi connectivity index (χ0) is 17.2. The van der Waals surface area contributed by atoms with Gasteiger partial charge >= 0.3 is 0 Å². The molecule has 0 aromatic heterocycles. The fourth-order valence-electron chi connectivity index (χ4n) is 4.42. The SMILES string of the molecule is C1CCC(C2CCCCC2)CC1.c1ccc(Pc2ccccc2)cc1. The van der Waals surface area contributed by atoms with Crippen LogP contribution < -0.4 is 10.6 Å². The second kappa shape index (κ2) is 10.8. The van der Waals surface area contributed by atoms with Crippen LogP contribution in [0.5, 0.6) is 0 Å². The predicted octanol–water partition coefficient (Wildman–Crippen LogP) is 6.46. The average molecular weight is 353 g/mol. The Balaban J connectivity index is 0.000000146. The normalized spacial score (nSPS) is 19.0. The molecule has 0 spiro atoms. The maximum Gasteiger partial charge on any atom is -0.0226 e. The van der Waals surface area contributed by atoms with Crippen LogP contribution in [0.25, 0.3) is 0 Å². The highest BCUT2D eigenvalue weighted by molar-refractivity contribution is 7.55. The quantitative estimate of drug-likeness (QED) is 0.556. The maximum absolute atomic E-state index is 2.17. The van der Waals surface area contributed by atoms with Crippen LogP contribution >= 0.6 is 8.58 Å². The van der Waals surface area contributed by atoms with E-state index in [0.29, 0.717) is 0 Å². The second-order valence-corrected chi connectivity index (χ2v) is 9.06. The molecule has 2 aliphatic carbocycles. The Hall–Kier alpha value is -1.13. The summed E-state index contributed by atoms with van der Waals surface area (Å²) in [6, 6.07) is 21.2. The molecular formula is C24H33P. The monoisotopic (exact) mass is 352 g/mol. The van der Waals surface area contributed by atoms with Crippen molar-refractivity contribution in [2.24, 2.45) is 11.8 Å². The van der Waals surface area contributed by atoms with E-state index < -0.39 is 0 Å². The number of hydrogen-bond donors (Lipinski definition) is 0. The van der Waals surface area contributed by atoms with Crippen molar-refractivity contribution in [3.63, 3.8) is 0 Å². The Morgan fingerprint density at radius 3 is 1.20 bits per heavy atom. The van der Waals surface area contributed by atoms with Crippen LogP contribution in [0.3, 0.4) is 0 Å². The molecule has 0 heterocycles. The fraction of sp³-hybridized carbons (Fsp3) is 0.500. The van der Waals surface area contributed by atoms with Crippen LogP contribution in [0.4, 0.5) is 0 Å². The third kappa shape index (κ3) is 6.59. The van der Waals surface area contributed by atoms with Crippen LogP contribution in [0.2, 0.25) is 0 Å². The minimum absolute atomic E-state index is 0.777. The van der Waals surface area contributed by atoms with E-state index >= 15 is 0 Å². The van der Waals surface area contributed by atoms with Gasteiger partial charge in [0.05, 0.1) is 0 Å². The molecule has 2 aromatic rings. The molecular weight excluding hydrogens is 319 g/mol. The summed E-state index contributed by atoms with van der Waals surface area (Å²) >= 11 is 0. The first-order valence-corrected chi connectivity index (χ1v) is 11.3. The van der Waals surface area contributed by atoms with E-state index in [-0.39, 0.29) is 0 Å². The molecule has 134 valence electrons. The molecule has 2 aromatic carbocycles. The van der Waals surface area contributed by atoms with Gasteiger partial charge in [-0.1, -0.05) is 133 Å². The van der Waals surface area contributed by atoms with Gasteiger partial charge in [-0.3, -0.25) is 0 Å². The van der Waals surface area contributed by atoms with Crippen LogP contribution in [0, 0.1) is 11.8 Å². The van der Waals surface area contributed by atoms with Crippen molar-refractivity contribution in [3.8, 4) is 0 Å². The van der Waals surface area contributed by atoms with Gasteiger partial charge < -0.3 is 0 Å². The van der Waals surface area contributed by atoms with Crippen LogP contribution in [-0.4, -0.2) is 0 Å². The Morgan fingerprint density at radius 1 is 0.480 bits per heavy atom. The van der Waals surface area contributed by atoms with E-state index in [1.54, 1.807) is 25.7 Å². The second-order valence-electron chi connectivity index (χ2n) is 7.65. The Bertz CT molecular complexity index is 512. The van der Waals surface area contributed by atoms with Crippen molar-refractivity contribution in [2.45, 2.75) is 64.2 Å². The van der Waals surface area contributed by atoms with Gasteiger partial charge in [-0.15, -0.1) is 0 Å². The van der Waals surface area contributed by atoms with E-state index in [4.69, 9.17) is 0 Å². The molecule has 2 saturated carbocycles. The highest BCUT2D eigenvalue weighted by Gasteiger charge is 2.24. The van der Waals surface area contributed by atoms with Crippen molar-refractivity contribution in [2.75, 3.05) is 0 Å². The van der Waals surface area contributed by atoms with Gasteiger partial charge in [0.2, 0.25) is 0 Å². The topological polar surface area (TPSA) is 0 Å². The Kier molecular flexibility index (Phi) is 8.04. The van der Waals surface area contributed by atoms with Gasteiger partial charge in [0.15, 0.2) is 0 Å². The van der Waals surface area contributed by atoms with E-state index in [1.807, 2.05) is 0 Å². The highest BCUT2D eigenvalue weighted by atomic mass is 31.1. The Labute approximate surface area is 156 Å². The summed E-state index contributed by atoms with van der Waals surface area (Å²) in [7, 11) is 0.777. The first-order valence-electron chi connectivity index (χ1n) is 10.3. The summed E-state index contributed by atoms with van der Waals surface area (Å²) in [5.74, 6) is 2.28. The molecule has 0 nitrogen and oxygen atoms in total. The Morgan fingerprint density at radius 2 is 0.840 bits per heavy atom. The van der Waals surface area contributed by atoms with Gasteiger partial charge in [0.1, 0.15) is 0 Å². The average Bonchev–Trinajstić information content (AvgIpc) is 2.71. The summed E-state index contributed by atoms with van der Waals surface area (Å²) in [6.45, 7) is 0. The molecule has 0 atom stereocenters. The van der Waals surface area contributed by atoms with Crippen molar-refractivity contribution in [1.29, 1.82) is 0 Å². The lowest BCUT2D eigenvalue weighted by atomic mass is 9.73. The van der Waals surface area contributed by atoms with E-state index in [2.05, 4.69) is 60.7 Å². The third-order valence-electron chi connectivity index (χ3n) is 5.80. The molecule has 0 radical (unpaired) electrons. The predicted molar refractivity (Wildman–Crippen MR) is 114 cm³/mol. The molecule has 0 saturated heterocycles. The van der Waals surface area contributed by atoms with Gasteiger partial charge in [-0.2, -0.15) is 0 Å². The lowest BCUT2D eigenvalue weighted by Crippen LogP contribution is -2.20. The van der Waals surface area contributed by atoms with E-state index in [9.17, 15) is 0 Å². The first kappa shape index (κ1) is 18.7. The van der Waals surface area contributed by atoms with Crippen LogP contribution in [-0.2, 0) is 0 Å². The molecule has 1 heteroatoms. The summed E-state index contributed by atoms with van der Waals surface area (Å²) < 4.78 is 0. The summed E-state index contributed by atoms with van der Waals surface area (Å²) in [6.07, 6.45) is 15.4. The lowest BCUT2D eigenvalue weighted by Gasteiger charge is -2.32. The van der Waals surface area contributed by atoms with E-state index in [1.165, 1.54) is 49.1 Å². The van der Waals surface area contributed by atoms with E-state index in [0.717, 1.165) is 20.4 Å². The smallest absolute Gasteiger partial charge is 0.0226 e. The lowest BCUT2D eigenvalue weighted by molar-refractivity contribution is 0.196. The minimum atomic E-state index is 0.777. The highest BCUT2D eigenvalue weighted by Crippen LogP contribution is 2.37. The van der Waals surface area contributed by atoms with Crippen molar-refractivity contribution < 1.29 is 0 Å². The maximum atomic E-state index is 2.17.